The van der Waals surface area contributed by atoms with E-state index in [0.717, 1.165) is 58.2 Å². The molecule has 2 atom stereocenters. The van der Waals surface area contributed by atoms with E-state index in [1.165, 1.54) is 0 Å². The fourth-order valence-corrected chi connectivity index (χ4v) is 3.84. The fraction of sp³-hybridized carbons (Fsp3) is 0.867. The van der Waals surface area contributed by atoms with Gasteiger partial charge in [0.25, 0.3) is 0 Å². The molecule has 3 heterocycles. The first kappa shape index (κ1) is 16.6. The van der Waals surface area contributed by atoms with Crippen molar-refractivity contribution < 1.29 is 9.59 Å². The summed E-state index contributed by atoms with van der Waals surface area (Å²) in [7, 11) is 0. The highest BCUT2D eigenvalue weighted by atomic mass is 35.5. The molecule has 0 aromatic rings. The first-order valence-corrected chi connectivity index (χ1v) is 8.05. The zero-order chi connectivity index (χ0) is 13.9. The van der Waals surface area contributed by atoms with Crippen LogP contribution in [0.25, 0.3) is 0 Å². The summed E-state index contributed by atoms with van der Waals surface area (Å²) < 4.78 is 0. The third-order valence-corrected chi connectivity index (χ3v) is 4.94. The second kappa shape index (κ2) is 7.45. The Morgan fingerprint density at radius 3 is 2.81 bits per heavy atom. The topological polar surface area (TPSA) is 52.7 Å². The zero-order valence-electron chi connectivity index (χ0n) is 12.6. The number of halogens is 1. The molecular weight excluding hydrogens is 290 g/mol. The van der Waals surface area contributed by atoms with Crippen molar-refractivity contribution in [1.82, 2.24) is 15.1 Å². The van der Waals surface area contributed by atoms with E-state index in [2.05, 4.69) is 10.2 Å². The highest BCUT2D eigenvalue weighted by Crippen LogP contribution is 2.28. The molecule has 3 saturated heterocycles. The van der Waals surface area contributed by atoms with Gasteiger partial charge >= 0.3 is 0 Å². The van der Waals surface area contributed by atoms with Crippen molar-refractivity contribution in [2.75, 3.05) is 26.2 Å². The van der Waals surface area contributed by atoms with Crippen LogP contribution in [-0.4, -0.2) is 59.9 Å². The van der Waals surface area contributed by atoms with E-state index in [9.17, 15) is 9.59 Å². The molecule has 3 aliphatic rings. The summed E-state index contributed by atoms with van der Waals surface area (Å²) in [4.78, 5) is 28.5. The highest BCUT2D eigenvalue weighted by Gasteiger charge is 2.38. The number of rotatable bonds is 2. The number of hydrogen-bond acceptors (Lipinski definition) is 3. The van der Waals surface area contributed by atoms with Crippen LogP contribution in [0, 0.1) is 0 Å². The van der Waals surface area contributed by atoms with E-state index >= 15 is 0 Å². The SMILES string of the molecule is Cl.O=C1CCCCCN1CC(=O)N1C2CCNCC1CC2. The molecule has 6 heteroatoms. The maximum Gasteiger partial charge on any atom is 0.242 e. The molecule has 0 aliphatic carbocycles. The molecule has 1 N–H and O–H groups in total. The normalized spacial score (nSPS) is 29.6. The smallest absolute Gasteiger partial charge is 0.242 e. The zero-order valence-corrected chi connectivity index (χ0v) is 13.4. The van der Waals surface area contributed by atoms with Crippen LogP contribution in [0.4, 0.5) is 0 Å². The van der Waals surface area contributed by atoms with Gasteiger partial charge in [0.15, 0.2) is 0 Å². The van der Waals surface area contributed by atoms with Crippen LogP contribution in [0.1, 0.15) is 44.9 Å². The Balaban J connectivity index is 0.00000161. The minimum absolute atomic E-state index is 0. The van der Waals surface area contributed by atoms with Gasteiger partial charge < -0.3 is 15.1 Å². The van der Waals surface area contributed by atoms with Gasteiger partial charge in [-0.25, -0.2) is 0 Å². The van der Waals surface area contributed by atoms with Gasteiger partial charge in [-0.2, -0.15) is 0 Å². The predicted molar refractivity (Wildman–Crippen MR) is 83.4 cm³/mol. The van der Waals surface area contributed by atoms with Gasteiger partial charge in [0.1, 0.15) is 0 Å². The Labute approximate surface area is 132 Å². The molecule has 0 aromatic carbocycles. The van der Waals surface area contributed by atoms with Crippen molar-refractivity contribution in [2.24, 2.45) is 0 Å². The average Bonchev–Trinajstić information content (AvgIpc) is 2.56. The van der Waals surface area contributed by atoms with Gasteiger partial charge in [0.05, 0.1) is 6.54 Å². The summed E-state index contributed by atoms with van der Waals surface area (Å²) in [5, 5.41) is 3.41. The first-order chi connectivity index (χ1) is 9.75. The van der Waals surface area contributed by atoms with Gasteiger partial charge in [-0.3, -0.25) is 9.59 Å². The molecule has 2 bridgehead atoms. The Kier molecular flexibility index (Phi) is 5.88. The summed E-state index contributed by atoms with van der Waals surface area (Å²) in [6.45, 7) is 2.97. The van der Waals surface area contributed by atoms with Crippen LogP contribution in [0.3, 0.4) is 0 Å². The number of likely N-dealkylation sites (tertiary alicyclic amines) is 1. The quantitative estimate of drug-likeness (QED) is 0.832. The molecule has 2 amide bonds. The average molecular weight is 316 g/mol. The number of fused-ring (bicyclic) bond motifs is 2. The van der Waals surface area contributed by atoms with E-state index in [1.807, 2.05) is 0 Å². The van der Waals surface area contributed by atoms with Gasteiger partial charge in [-0.1, -0.05) is 6.42 Å². The number of nitrogens with one attached hydrogen (secondary N) is 1. The van der Waals surface area contributed by atoms with Gasteiger partial charge in [0, 0.05) is 31.6 Å². The fourth-order valence-electron chi connectivity index (χ4n) is 3.84. The number of amides is 2. The molecule has 21 heavy (non-hydrogen) atoms. The lowest BCUT2D eigenvalue weighted by Gasteiger charge is -2.30. The molecule has 5 nitrogen and oxygen atoms in total. The number of carbonyl (C=O) groups is 2. The first-order valence-electron chi connectivity index (χ1n) is 8.05. The molecule has 2 unspecified atom stereocenters. The molecule has 0 saturated carbocycles. The van der Waals surface area contributed by atoms with Crippen LogP contribution < -0.4 is 5.32 Å². The number of hydrogen-bond donors (Lipinski definition) is 1. The van der Waals surface area contributed by atoms with E-state index in [1.54, 1.807) is 4.90 Å². The van der Waals surface area contributed by atoms with Crippen molar-refractivity contribution >= 4 is 24.2 Å². The Bertz CT molecular complexity index is 377. The molecule has 3 rings (SSSR count). The van der Waals surface area contributed by atoms with Crippen LogP contribution >= 0.6 is 12.4 Å². The summed E-state index contributed by atoms with van der Waals surface area (Å²) >= 11 is 0. The Morgan fingerprint density at radius 2 is 1.95 bits per heavy atom. The van der Waals surface area contributed by atoms with Crippen LogP contribution in [0.15, 0.2) is 0 Å². The van der Waals surface area contributed by atoms with E-state index in [4.69, 9.17) is 0 Å². The standard InChI is InChI=1S/C15H25N3O2.ClH/c19-14-4-2-1-3-9-17(14)11-15(20)18-12-5-6-13(18)10-16-8-7-12;/h12-13,16H,1-11H2;1H. The second-order valence-electron chi connectivity index (χ2n) is 6.30. The predicted octanol–water partition coefficient (Wildman–Crippen LogP) is 1.16. The summed E-state index contributed by atoms with van der Waals surface area (Å²) in [6, 6.07) is 0.738. The number of carbonyl (C=O) groups excluding carboxylic acids is 2. The maximum atomic E-state index is 12.6. The monoisotopic (exact) mass is 315 g/mol. The molecule has 0 aromatic heterocycles. The second-order valence-corrected chi connectivity index (χ2v) is 6.30. The molecule has 0 spiro atoms. The Hall–Kier alpha value is -0.810. The largest absolute Gasteiger partial charge is 0.334 e. The minimum atomic E-state index is 0. The van der Waals surface area contributed by atoms with Gasteiger partial charge in [-0.15, -0.1) is 12.4 Å². The van der Waals surface area contributed by atoms with Gasteiger partial charge in [-0.05, 0) is 38.6 Å². The van der Waals surface area contributed by atoms with Crippen LogP contribution in [0.5, 0.6) is 0 Å². The third kappa shape index (κ3) is 3.69. The summed E-state index contributed by atoms with van der Waals surface area (Å²) in [6.07, 6.45) is 7.02. The van der Waals surface area contributed by atoms with Crippen LogP contribution in [0.2, 0.25) is 0 Å². The molecular formula is C15H26ClN3O2. The van der Waals surface area contributed by atoms with Crippen molar-refractivity contribution in [2.45, 2.75) is 57.0 Å². The molecule has 3 aliphatic heterocycles. The lowest BCUT2D eigenvalue weighted by molar-refractivity contribution is -0.141. The third-order valence-electron chi connectivity index (χ3n) is 4.94. The van der Waals surface area contributed by atoms with Crippen LogP contribution in [-0.2, 0) is 9.59 Å². The van der Waals surface area contributed by atoms with Gasteiger partial charge in [0.2, 0.25) is 11.8 Å². The molecule has 3 fully saturated rings. The van der Waals surface area contributed by atoms with E-state index in [0.29, 0.717) is 25.0 Å². The molecule has 0 radical (unpaired) electrons. The summed E-state index contributed by atoms with van der Waals surface area (Å²) in [5.41, 5.74) is 0. The van der Waals surface area contributed by atoms with E-state index in [-0.39, 0.29) is 24.2 Å². The minimum Gasteiger partial charge on any atom is -0.334 e. The number of nitrogens with zero attached hydrogens (tertiary/aromatic N) is 2. The summed E-state index contributed by atoms with van der Waals surface area (Å²) in [5.74, 6) is 0.326. The maximum absolute atomic E-state index is 12.6. The van der Waals surface area contributed by atoms with Crippen molar-refractivity contribution in [3.63, 3.8) is 0 Å². The lowest BCUT2D eigenvalue weighted by atomic mass is 10.1. The van der Waals surface area contributed by atoms with Crippen molar-refractivity contribution in [3.05, 3.63) is 0 Å². The van der Waals surface area contributed by atoms with Crippen molar-refractivity contribution in [3.8, 4) is 0 Å². The van der Waals surface area contributed by atoms with E-state index < -0.39 is 0 Å². The lowest BCUT2D eigenvalue weighted by Crippen LogP contribution is -2.48. The highest BCUT2D eigenvalue weighted by molar-refractivity contribution is 5.86. The molecule has 120 valence electrons. The van der Waals surface area contributed by atoms with Crippen molar-refractivity contribution in [1.29, 1.82) is 0 Å². The Morgan fingerprint density at radius 1 is 1.14 bits per heavy atom.